The second-order valence-corrected chi connectivity index (χ2v) is 8.52. The first-order chi connectivity index (χ1) is 15.7. The molecular weight excluding hydrogens is 509 g/mol. The number of carbonyl (C=O) groups is 2. The van der Waals surface area contributed by atoms with Crippen LogP contribution in [0.3, 0.4) is 0 Å². The largest absolute Gasteiger partial charge is 0.490 e. The number of halogens is 2. The molecule has 0 saturated heterocycles. The predicted octanol–water partition coefficient (Wildman–Crippen LogP) is 5.75. The first-order valence-electron chi connectivity index (χ1n) is 9.97. The van der Waals surface area contributed by atoms with Gasteiger partial charge in [-0.05, 0) is 103 Å². The average molecular weight is 530 g/mol. The van der Waals surface area contributed by atoms with Gasteiger partial charge in [0.05, 0.1) is 10.6 Å². The third kappa shape index (κ3) is 7.10. The molecule has 3 aromatic rings. The smallest absolute Gasteiger partial charge is 0.257 e. The summed E-state index contributed by atoms with van der Waals surface area (Å²) in [6, 6.07) is 17.1. The normalized spacial score (nSPS) is 10.5. The van der Waals surface area contributed by atoms with E-state index in [1.807, 2.05) is 13.8 Å². The zero-order valence-electron chi connectivity index (χ0n) is 17.8. The molecular formula is C24H21BrFN3O3S. The summed E-state index contributed by atoms with van der Waals surface area (Å²) >= 11 is 8.64. The van der Waals surface area contributed by atoms with Crippen LogP contribution < -0.4 is 20.7 Å². The van der Waals surface area contributed by atoms with Gasteiger partial charge in [-0.2, -0.15) is 0 Å². The lowest BCUT2D eigenvalue weighted by Crippen LogP contribution is -2.34. The van der Waals surface area contributed by atoms with E-state index in [4.69, 9.17) is 17.0 Å². The summed E-state index contributed by atoms with van der Waals surface area (Å²) < 4.78 is 19.3. The fraction of sp³-hybridized carbons (Fsp3) is 0.125. The van der Waals surface area contributed by atoms with Gasteiger partial charge in [0.1, 0.15) is 11.6 Å². The number of hydrogen-bond donors (Lipinski definition) is 3. The predicted molar refractivity (Wildman–Crippen MR) is 134 cm³/mol. The van der Waals surface area contributed by atoms with Crippen molar-refractivity contribution < 1.29 is 18.7 Å². The molecule has 33 heavy (non-hydrogen) atoms. The van der Waals surface area contributed by atoms with Crippen molar-refractivity contribution in [1.29, 1.82) is 0 Å². The van der Waals surface area contributed by atoms with Gasteiger partial charge in [0.15, 0.2) is 5.11 Å². The van der Waals surface area contributed by atoms with E-state index in [1.165, 1.54) is 24.3 Å². The van der Waals surface area contributed by atoms with Crippen LogP contribution in [0.25, 0.3) is 0 Å². The Morgan fingerprint density at radius 2 is 1.61 bits per heavy atom. The molecule has 0 aromatic heterocycles. The Morgan fingerprint density at radius 1 is 0.909 bits per heavy atom. The minimum atomic E-state index is -0.394. The van der Waals surface area contributed by atoms with Crippen molar-refractivity contribution in [2.75, 3.05) is 10.6 Å². The summed E-state index contributed by atoms with van der Waals surface area (Å²) in [5, 5.41) is 8.27. The van der Waals surface area contributed by atoms with E-state index in [-0.39, 0.29) is 22.9 Å². The van der Waals surface area contributed by atoms with Gasteiger partial charge in [0.2, 0.25) is 0 Å². The van der Waals surface area contributed by atoms with Gasteiger partial charge in [-0.15, -0.1) is 0 Å². The second kappa shape index (κ2) is 11.0. The maximum atomic E-state index is 13.0. The van der Waals surface area contributed by atoms with E-state index in [0.717, 1.165) is 0 Å². The molecule has 170 valence electrons. The average Bonchev–Trinajstić information content (AvgIpc) is 2.76. The van der Waals surface area contributed by atoms with Crippen LogP contribution in [0.1, 0.15) is 34.6 Å². The maximum Gasteiger partial charge on any atom is 0.257 e. The van der Waals surface area contributed by atoms with Crippen molar-refractivity contribution >= 4 is 56.4 Å². The van der Waals surface area contributed by atoms with Gasteiger partial charge in [-0.3, -0.25) is 14.9 Å². The fourth-order valence-corrected chi connectivity index (χ4v) is 3.49. The summed E-state index contributed by atoms with van der Waals surface area (Å²) in [5.41, 5.74) is 1.75. The third-order valence-electron chi connectivity index (χ3n) is 4.27. The fourth-order valence-electron chi connectivity index (χ4n) is 2.80. The van der Waals surface area contributed by atoms with Gasteiger partial charge in [-0.1, -0.05) is 6.07 Å². The number of benzene rings is 3. The number of carbonyl (C=O) groups excluding carboxylic acids is 2. The summed E-state index contributed by atoms with van der Waals surface area (Å²) in [6.07, 6.45) is 0.00582. The Hall–Kier alpha value is -3.30. The number of ether oxygens (including phenoxy) is 1. The van der Waals surface area contributed by atoms with Crippen molar-refractivity contribution in [2.45, 2.75) is 20.0 Å². The standard InChI is InChI=1S/C24H21BrFN3O3S/c1-14(2)32-21-11-6-16(13-20(21)25)23(31)29-24(33)28-19-5-3-4-15(12-19)22(30)27-18-9-7-17(26)8-10-18/h3-14H,1-2H3,(H,27,30)(H2,28,29,31,33). The molecule has 9 heteroatoms. The van der Waals surface area contributed by atoms with Crippen molar-refractivity contribution in [3.05, 3.63) is 88.1 Å². The molecule has 0 spiro atoms. The van der Waals surface area contributed by atoms with E-state index in [1.54, 1.807) is 42.5 Å². The quantitative estimate of drug-likeness (QED) is 0.354. The molecule has 3 rings (SSSR count). The summed E-state index contributed by atoms with van der Waals surface area (Å²) in [7, 11) is 0. The van der Waals surface area contributed by atoms with Crippen LogP contribution in [0.5, 0.6) is 5.75 Å². The lowest BCUT2D eigenvalue weighted by molar-refractivity contribution is 0.0976. The Bertz CT molecular complexity index is 1190. The highest BCUT2D eigenvalue weighted by atomic mass is 79.9. The Morgan fingerprint density at radius 3 is 2.27 bits per heavy atom. The summed E-state index contributed by atoms with van der Waals surface area (Å²) in [4.78, 5) is 25.0. The van der Waals surface area contributed by atoms with Crippen LogP contribution in [0.2, 0.25) is 0 Å². The molecule has 0 aliphatic rings. The SMILES string of the molecule is CC(C)Oc1ccc(C(=O)NC(=S)Nc2cccc(C(=O)Nc3ccc(F)cc3)c2)cc1Br. The van der Waals surface area contributed by atoms with E-state index >= 15 is 0 Å². The summed E-state index contributed by atoms with van der Waals surface area (Å²) in [6.45, 7) is 3.83. The first kappa shape index (κ1) is 24.3. The van der Waals surface area contributed by atoms with Gasteiger partial charge in [0.25, 0.3) is 11.8 Å². The zero-order chi connectivity index (χ0) is 24.0. The van der Waals surface area contributed by atoms with E-state index in [2.05, 4.69) is 31.9 Å². The van der Waals surface area contributed by atoms with Crippen molar-refractivity contribution in [1.82, 2.24) is 5.32 Å². The zero-order valence-corrected chi connectivity index (χ0v) is 20.2. The van der Waals surface area contributed by atoms with Crippen LogP contribution >= 0.6 is 28.1 Å². The lowest BCUT2D eigenvalue weighted by Gasteiger charge is -2.13. The number of nitrogens with one attached hydrogen (secondary N) is 3. The number of hydrogen-bond acceptors (Lipinski definition) is 4. The van der Waals surface area contributed by atoms with E-state index < -0.39 is 5.91 Å². The molecule has 0 unspecified atom stereocenters. The van der Waals surface area contributed by atoms with Crippen LogP contribution in [0.4, 0.5) is 15.8 Å². The molecule has 0 heterocycles. The molecule has 3 aromatic carbocycles. The van der Waals surface area contributed by atoms with E-state index in [0.29, 0.717) is 32.7 Å². The number of anilines is 2. The Labute approximate surface area is 204 Å². The molecule has 0 aliphatic carbocycles. The van der Waals surface area contributed by atoms with Crippen molar-refractivity contribution in [2.24, 2.45) is 0 Å². The van der Waals surface area contributed by atoms with Gasteiger partial charge < -0.3 is 15.4 Å². The molecule has 0 saturated carbocycles. The van der Waals surface area contributed by atoms with Crippen LogP contribution in [0.15, 0.2) is 71.2 Å². The molecule has 3 N–H and O–H groups in total. The molecule has 0 atom stereocenters. The Kier molecular flexibility index (Phi) is 8.13. The molecule has 0 aliphatic heterocycles. The summed E-state index contributed by atoms with van der Waals surface area (Å²) in [5.74, 6) is -0.511. The minimum Gasteiger partial charge on any atom is -0.490 e. The molecule has 0 radical (unpaired) electrons. The third-order valence-corrected chi connectivity index (χ3v) is 5.09. The van der Waals surface area contributed by atoms with E-state index in [9.17, 15) is 14.0 Å². The first-order valence-corrected chi connectivity index (χ1v) is 11.2. The van der Waals surface area contributed by atoms with Gasteiger partial charge >= 0.3 is 0 Å². The second-order valence-electron chi connectivity index (χ2n) is 7.26. The topological polar surface area (TPSA) is 79.5 Å². The Balaban J connectivity index is 1.61. The number of rotatable bonds is 6. The number of thiocarbonyl (C=S) groups is 1. The molecule has 2 amide bonds. The number of amides is 2. The van der Waals surface area contributed by atoms with Gasteiger partial charge in [0, 0.05) is 22.5 Å². The van der Waals surface area contributed by atoms with Crippen LogP contribution in [-0.4, -0.2) is 23.0 Å². The maximum absolute atomic E-state index is 13.0. The highest BCUT2D eigenvalue weighted by Gasteiger charge is 2.13. The van der Waals surface area contributed by atoms with Crippen molar-refractivity contribution in [3.8, 4) is 5.75 Å². The highest BCUT2D eigenvalue weighted by molar-refractivity contribution is 9.10. The van der Waals surface area contributed by atoms with Crippen molar-refractivity contribution in [3.63, 3.8) is 0 Å². The van der Waals surface area contributed by atoms with Crippen LogP contribution in [-0.2, 0) is 0 Å². The lowest BCUT2D eigenvalue weighted by atomic mass is 10.2. The molecule has 6 nitrogen and oxygen atoms in total. The highest BCUT2D eigenvalue weighted by Crippen LogP contribution is 2.27. The molecule has 0 bridgehead atoms. The minimum absolute atomic E-state index is 0.00582. The monoisotopic (exact) mass is 529 g/mol. The van der Waals surface area contributed by atoms with Crippen LogP contribution in [0, 0.1) is 5.82 Å². The van der Waals surface area contributed by atoms with Gasteiger partial charge in [-0.25, -0.2) is 4.39 Å². The molecule has 0 fully saturated rings.